The van der Waals surface area contributed by atoms with Gasteiger partial charge in [0.15, 0.2) is 5.16 Å². The van der Waals surface area contributed by atoms with Crippen LogP contribution in [-0.2, 0) is 10.2 Å². The number of anilines is 1. The van der Waals surface area contributed by atoms with Crippen molar-refractivity contribution in [3.8, 4) is 5.69 Å². The Morgan fingerprint density at radius 3 is 2.70 bits per heavy atom. The van der Waals surface area contributed by atoms with Gasteiger partial charge in [0.25, 0.3) is 0 Å². The van der Waals surface area contributed by atoms with Crippen LogP contribution >= 0.6 is 11.8 Å². The van der Waals surface area contributed by atoms with E-state index in [1.165, 1.54) is 17.3 Å². The van der Waals surface area contributed by atoms with E-state index < -0.39 is 0 Å². The van der Waals surface area contributed by atoms with E-state index in [1.807, 2.05) is 44.4 Å². The number of rotatable bonds is 5. The van der Waals surface area contributed by atoms with Crippen LogP contribution < -0.4 is 5.32 Å². The first-order chi connectivity index (χ1) is 12.7. The average Bonchev–Trinajstić information content (AvgIpc) is 3.22. The molecular weight excluding hydrogens is 362 g/mol. The lowest BCUT2D eigenvalue weighted by Gasteiger charge is -2.12. The van der Waals surface area contributed by atoms with Gasteiger partial charge in [-0.3, -0.25) is 14.7 Å². The maximum Gasteiger partial charge on any atom is 0.237 e. The summed E-state index contributed by atoms with van der Waals surface area (Å²) in [5, 5.41) is 15.5. The largest absolute Gasteiger partial charge is 0.338 e. The van der Waals surface area contributed by atoms with Crippen LogP contribution in [0.5, 0.6) is 0 Å². The first kappa shape index (κ1) is 19.2. The molecule has 8 heteroatoms. The Kier molecular flexibility index (Phi) is 5.36. The Balaban J connectivity index is 1.65. The van der Waals surface area contributed by atoms with Gasteiger partial charge < -0.3 is 4.52 Å². The molecule has 0 bridgehead atoms. The number of aryl methyl sites for hydroxylation is 2. The van der Waals surface area contributed by atoms with E-state index >= 15 is 0 Å². The monoisotopic (exact) mass is 385 g/mol. The van der Waals surface area contributed by atoms with Crippen molar-refractivity contribution in [2.24, 2.45) is 0 Å². The molecule has 0 aliphatic heterocycles. The standard InChI is InChI=1S/C19H23N5O2S/c1-12-6-7-14(13(2)8-12)24-11-20-22-18(24)27-10-16(25)21-17-9-15(23-26-17)19(3,4)5/h6-9,11H,10H2,1-5H3,(H,21,25). The predicted octanol–water partition coefficient (Wildman–Crippen LogP) is 3.90. The summed E-state index contributed by atoms with van der Waals surface area (Å²) in [5.74, 6) is 0.350. The van der Waals surface area contributed by atoms with Crippen molar-refractivity contribution in [1.82, 2.24) is 19.9 Å². The molecule has 7 nitrogen and oxygen atoms in total. The first-order valence-corrected chi connectivity index (χ1v) is 9.60. The second-order valence-electron chi connectivity index (χ2n) is 7.44. The number of nitrogens with one attached hydrogen (secondary N) is 1. The molecule has 2 heterocycles. The molecule has 0 aliphatic carbocycles. The predicted molar refractivity (Wildman–Crippen MR) is 105 cm³/mol. The Morgan fingerprint density at radius 1 is 1.26 bits per heavy atom. The maximum atomic E-state index is 12.2. The number of carbonyl (C=O) groups is 1. The molecule has 0 spiro atoms. The SMILES string of the molecule is Cc1ccc(-n2cnnc2SCC(=O)Nc2cc(C(C)(C)C)no2)c(C)c1. The third kappa shape index (κ3) is 4.57. The molecule has 0 saturated carbocycles. The minimum Gasteiger partial charge on any atom is -0.338 e. The maximum absolute atomic E-state index is 12.2. The van der Waals surface area contributed by atoms with Gasteiger partial charge in [-0.25, -0.2) is 0 Å². The molecule has 0 saturated heterocycles. The fourth-order valence-electron chi connectivity index (χ4n) is 2.55. The summed E-state index contributed by atoms with van der Waals surface area (Å²) in [4.78, 5) is 12.2. The molecule has 0 atom stereocenters. The highest BCUT2D eigenvalue weighted by atomic mass is 32.2. The molecule has 0 fully saturated rings. The highest BCUT2D eigenvalue weighted by Crippen LogP contribution is 2.25. The second-order valence-corrected chi connectivity index (χ2v) is 8.38. The van der Waals surface area contributed by atoms with Crippen LogP contribution in [0.4, 0.5) is 5.88 Å². The minimum absolute atomic E-state index is 0.135. The smallest absolute Gasteiger partial charge is 0.237 e. The van der Waals surface area contributed by atoms with Gasteiger partial charge >= 0.3 is 0 Å². The Labute approximate surface area is 162 Å². The van der Waals surface area contributed by atoms with Gasteiger partial charge in [0.05, 0.1) is 17.1 Å². The Bertz CT molecular complexity index is 955. The molecule has 2 aromatic heterocycles. The Hall–Kier alpha value is -2.61. The van der Waals surface area contributed by atoms with Gasteiger partial charge in [-0.05, 0) is 25.5 Å². The quantitative estimate of drug-likeness (QED) is 0.671. The Morgan fingerprint density at radius 2 is 2.04 bits per heavy atom. The van der Waals surface area contributed by atoms with Crippen molar-refractivity contribution in [2.45, 2.75) is 45.2 Å². The summed E-state index contributed by atoms with van der Waals surface area (Å²) in [6, 6.07) is 7.93. The normalized spacial score (nSPS) is 11.6. The molecule has 0 radical (unpaired) electrons. The molecule has 1 amide bonds. The molecule has 1 aromatic carbocycles. The summed E-state index contributed by atoms with van der Waals surface area (Å²) in [6.07, 6.45) is 1.66. The number of aromatic nitrogens is 4. The van der Waals surface area contributed by atoms with Gasteiger partial charge in [-0.1, -0.05) is 55.4 Å². The lowest BCUT2D eigenvalue weighted by atomic mass is 9.92. The lowest BCUT2D eigenvalue weighted by Crippen LogP contribution is -2.14. The van der Waals surface area contributed by atoms with Crippen LogP contribution in [0, 0.1) is 13.8 Å². The lowest BCUT2D eigenvalue weighted by molar-refractivity contribution is -0.113. The van der Waals surface area contributed by atoms with E-state index in [-0.39, 0.29) is 17.1 Å². The molecule has 27 heavy (non-hydrogen) atoms. The molecule has 0 unspecified atom stereocenters. The molecule has 142 valence electrons. The van der Waals surface area contributed by atoms with Gasteiger partial charge in [0.2, 0.25) is 11.8 Å². The van der Waals surface area contributed by atoms with Crippen molar-refractivity contribution >= 4 is 23.6 Å². The number of thioether (sulfide) groups is 1. The second kappa shape index (κ2) is 7.56. The number of carbonyl (C=O) groups excluding carboxylic acids is 1. The van der Waals surface area contributed by atoms with Crippen LogP contribution in [0.1, 0.15) is 37.6 Å². The van der Waals surface area contributed by atoms with Crippen LogP contribution in [0.15, 0.2) is 40.3 Å². The molecule has 3 aromatic rings. The first-order valence-electron chi connectivity index (χ1n) is 8.61. The van der Waals surface area contributed by atoms with Crippen molar-refractivity contribution in [3.63, 3.8) is 0 Å². The molecule has 3 rings (SSSR count). The van der Waals surface area contributed by atoms with E-state index in [0.29, 0.717) is 11.0 Å². The number of nitrogens with zero attached hydrogens (tertiary/aromatic N) is 4. The van der Waals surface area contributed by atoms with E-state index in [9.17, 15) is 4.79 Å². The van der Waals surface area contributed by atoms with Crippen molar-refractivity contribution in [3.05, 3.63) is 47.4 Å². The van der Waals surface area contributed by atoms with Crippen molar-refractivity contribution < 1.29 is 9.32 Å². The zero-order valence-corrected chi connectivity index (χ0v) is 16.9. The number of hydrogen-bond donors (Lipinski definition) is 1. The molecular formula is C19H23N5O2S. The van der Waals surface area contributed by atoms with Crippen LogP contribution in [0.3, 0.4) is 0 Å². The molecule has 1 N–H and O–H groups in total. The summed E-state index contributed by atoms with van der Waals surface area (Å²) in [5.41, 5.74) is 3.97. The number of amides is 1. The minimum atomic E-state index is -0.188. The zero-order valence-electron chi connectivity index (χ0n) is 16.1. The highest BCUT2D eigenvalue weighted by molar-refractivity contribution is 7.99. The summed E-state index contributed by atoms with van der Waals surface area (Å²) in [7, 11) is 0. The van der Waals surface area contributed by atoms with Gasteiger partial charge in [0.1, 0.15) is 6.33 Å². The average molecular weight is 385 g/mol. The van der Waals surface area contributed by atoms with Crippen LogP contribution in [0.2, 0.25) is 0 Å². The van der Waals surface area contributed by atoms with E-state index in [2.05, 4.69) is 33.7 Å². The van der Waals surface area contributed by atoms with Crippen LogP contribution in [-0.4, -0.2) is 31.6 Å². The number of benzene rings is 1. The van der Waals surface area contributed by atoms with E-state index in [1.54, 1.807) is 12.4 Å². The van der Waals surface area contributed by atoms with Gasteiger partial charge in [0, 0.05) is 11.5 Å². The summed E-state index contributed by atoms with van der Waals surface area (Å²) < 4.78 is 7.08. The highest BCUT2D eigenvalue weighted by Gasteiger charge is 2.20. The van der Waals surface area contributed by atoms with Gasteiger partial charge in [-0.15, -0.1) is 10.2 Å². The van der Waals surface area contributed by atoms with E-state index in [4.69, 9.17) is 4.52 Å². The van der Waals surface area contributed by atoms with E-state index in [0.717, 1.165) is 16.9 Å². The van der Waals surface area contributed by atoms with Gasteiger partial charge in [-0.2, -0.15) is 0 Å². The van der Waals surface area contributed by atoms with Crippen molar-refractivity contribution in [2.75, 3.05) is 11.1 Å². The fourth-order valence-corrected chi connectivity index (χ4v) is 3.28. The van der Waals surface area contributed by atoms with Crippen LogP contribution in [0.25, 0.3) is 5.69 Å². The zero-order chi connectivity index (χ0) is 19.6. The number of hydrogen-bond acceptors (Lipinski definition) is 6. The summed E-state index contributed by atoms with van der Waals surface area (Å²) in [6.45, 7) is 10.2. The topological polar surface area (TPSA) is 85.8 Å². The molecule has 0 aliphatic rings. The fraction of sp³-hybridized carbons (Fsp3) is 0.368. The third-order valence-electron chi connectivity index (χ3n) is 4.00. The third-order valence-corrected chi connectivity index (χ3v) is 4.94. The summed E-state index contributed by atoms with van der Waals surface area (Å²) >= 11 is 1.32. The van der Waals surface area contributed by atoms with Crippen molar-refractivity contribution in [1.29, 1.82) is 0 Å².